The van der Waals surface area contributed by atoms with Crippen LogP contribution in [0.4, 0.5) is 18.0 Å². The Bertz CT molecular complexity index is 590. The maximum atomic E-state index is 12.3. The Labute approximate surface area is 131 Å². The highest BCUT2D eigenvalue weighted by atomic mass is 32.2. The molecule has 0 aromatic heterocycles. The molecule has 132 valence electrons. The van der Waals surface area contributed by atoms with Gasteiger partial charge >= 0.3 is 21.7 Å². The van der Waals surface area contributed by atoms with Crippen molar-refractivity contribution in [2.24, 2.45) is 0 Å². The number of hydrogen-bond donors (Lipinski definition) is 1. The van der Waals surface area contributed by atoms with E-state index in [2.05, 4.69) is 4.18 Å². The Morgan fingerprint density at radius 3 is 2.57 bits per heavy atom. The zero-order valence-electron chi connectivity index (χ0n) is 12.1. The third-order valence-corrected chi connectivity index (χ3v) is 4.88. The molecule has 0 radical (unpaired) electrons. The fraction of sp³-hybridized carbons (Fsp3) is 0.750. The van der Waals surface area contributed by atoms with Crippen LogP contribution in [0, 0.1) is 0 Å². The number of piperidine rings is 1. The molecule has 0 aliphatic carbocycles. The Balaban J connectivity index is 1.95. The van der Waals surface area contributed by atoms with Crippen LogP contribution >= 0.6 is 0 Å². The molecule has 1 atom stereocenters. The van der Waals surface area contributed by atoms with Gasteiger partial charge in [0, 0.05) is 38.6 Å². The van der Waals surface area contributed by atoms with Gasteiger partial charge in [-0.25, -0.2) is 4.79 Å². The third kappa shape index (κ3) is 4.28. The number of likely N-dealkylation sites (tertiary alicyclic amines) is 1. The van der Waals surface area contributed by atoms with Crippen LogP contribution in [-0.4, -0.2) is 67.1 Å². The van der Waals surface area contributed by atoms with Gasteiger partial charge in [-0.2, -0.15) is 21.6 Å². The van der Waals surface area contributed by atoms with Crippen molar-refractivity contribution in [3.63, 3.8) is 0 Å². The molecule has 0 aromatic carbocycles. The van der Waals surface area contributed by atoms with Crippen LogP contribution in [0.5, 0.6) is 0 Å². The molecule has 7 nitrogen and oxygen atoms in total. The lowest BCUT2D eigenvalue weighted by Crippen LogP contribution is -2.50. The van der Waals surface area contributed by atoms with Crippen molar-refractivity contribution in [2.75, 3.05) is 26.2 Å². The lowest BCUT2D eigenvalue weighted by Gasteiger charge is -2.39. The van der Waals surface area contributed by atoms with Gasteiger partial charge in [-0.15, -0.1) is 0 Å². The number of rotatable bonds is 3. The maximum Gasteiger partial charge on any atom is 0.534 e. The van der Waals surface area contributed by atoms with Gasteiger partial charge in [0.2, 0.25) is 0 Å². The summed E-state index contributed by atoms with van der Waals surface area (Å²) in [4.78, 5) is 14.2. The zero-order chi connectivity index (χ0) is 17.3. The first-order valence-corrected chi connectivity index (χ1v) is 8.42. The summed E-state index contributed by atoms with van der Waals surface area (Å²) in [6.07, 6.45) is 1.82. The number of nitrogens with zero attached hydrogens (tertiary/aromatic N) is 2. The summed E-state index contributed by atoms with van der Waals surface area (Å²) in [5.74, 6) is -0.232. The molecular formula is C12H17F3N2O5S. The van der Waals surface area contributed by atoms with Crippen LogP contribution in [0.1, 0.15) is 19.3 Å². The predicted octanol–water partition coefficient (Wildman–Crippen LogP) is 1.58. The van der Waals surface area contributed by atoms with Crippen molar-refractivity contribution in [1.29, 1.82) is 0 Å². The Kier molecular flexibility index (Phi) is 5.09. The molecule has 0 saturated carbocycles. The Morgan fingerprint density at radius 2 is 2.04 bits per heavy atom. The molecule has 23 heavy (non-hydrogen) atoms. The van der Waals surface area contributed by atoms with Gasteiger partial charge in [0.1, 0.15) is 5.76 Å². The molecule has 1 saturated heterocycles. The SMILES string of the molecule is O=C(O)N1CCC[C@H](N2CC=C(OS(=O)(=O)C(F)(F)F)CC2)C1. The monoisotopic (exact) mass is 358 g/mol. The summed E-state index contributed by atoms with van der Waals surface area (Å²) < 4.78 is 62.8. The highest BCUT2D eigenvalue weighted by Crippen LogP contribution is 2.29. The zero-order valence-corrected chi connectivity index (χ0v) is 12.9. The fourth-order valence-corrected chi connectivity index (χ4v) is 3.22. The first-order chi connectivity index (χ1) is 10.6. The lowest BCUT2D eigenvalue weighted by molar-refractivity contribution is -0.0525. The molecule has 11 heteroatoms. The molecule has 2 heterocycles. The van der Waals surface area contributed by atoms with Gasteiger partial charge in [-0.3, -0.25) is 4.90 Å². The summed E-state index contributed by atoms with van der Waals surface area (Å²) in [7, 11) is -5.63. The van der Waals surface area contributed by atoms with Crippen molar-refractivity contribution in [1.82, 2.24) is 9.80 Å². The molecule has 2 aliphatic rings. The van der Waals surface area contributed by atoms with E-state index in [1.165, 1.54) is 11.0 Å². The fourth-order valence-electron chi connectivity index (χ4n) is 2.69. The van der Waals surface area contributed by atoms with Gasteiger partial charge < -0.3 is 14.2 Å². The second-order valence-electron chi connectivity index (χ2n) is 5.42. The van der Waals surface area contributed by atoms with Crippen molar-refractivity contribution in [3.8, 4) is 0 Å². The van der Waals surface area contributed by atoms with E-state index in [0.29, 0.717) is 26.1 Å². The molecular weight excluding hydrogens is 341 g/mol. The molecule has 0 spiro atoms. The molecule has 2 rings (SSSR count). The predicted molar refractivity (Wildman–Crippen MR) is 73.0 cm³/mol. The first kappa shape index (κ1) is 17.9. The van der Waals surface area contributed by atoms with Crippen molar-refractivity contribution in [3.05, 3.63) is 11.8 Å². The summed E-state index contributed by atoms with van der Waals surface area (Å²) in [6.45, 7) is 1.34. The third-order valence-electron chi connectivity index (χ3n) is 3.88. The highest BCUT2D eigenvalue weighted by molar-refractivity contribution is 7.87. The van der Waals surface area contributed by atoms with E-state index in [4.69, 9.17) is 5.11 Å². The van der Waals surface area contributed by atoms with Crippen LogP contribution in [0.15, 0.2) is 11.8 Å². The average Bonchev–Trinajstić information content (AvgIpc) is 2.46. The molecule has 1 fully saturated rings. The standard InChI is InChI=1S/C12H17F3N2O5S/c13-12(14,15)23(20,21)22-10-3-6-16(7-4-10)9-2-1-5-17(8-9)11(18)19/h3,9H,1-2,4-8H2,(H,18,19)/t9-/m0/s1. The van der Waals surface area contributed by atoms with Gasteiger partial charge in [0.05, 0.1) is 0 Å². The van der Waals surface area contributed by atoms with Gasteiger partial charge in [-0.05, 0) is 18.9 Å². The quantitative estimate of drug-likeness (QED) is 0.609. The first-order valence-electron chi connectivity index (χ1n) is 7.02. The molecule has 1 amide bonds. The van der Waals surface area contributed by atoms with Crippen molar-refractivity contribution in [2.45, 2.75) is 30.8 Å². The summed E-state index contributed by atoms with van der Waals surface area (Å²) in [6, 6.07) is -0.0307. The Hall–Kier alpha value is -1.49. The van der Waals surface area contributed by atoms with E-state index in [1.54, 1.807) is 0 Å². The number of carbonyl (C=O) groups is 1. The van der Waals surface area contributed by atoms with Gasteiger partial charge in [0.15, 0.2) is 0 Å². The van der Waals surface area contributed by atoms with E-state index < -0.39 is 21.7 Å². The van der Waals surface area contributed by atoms with E-state index in [1.807, 2.05) is 4.90 Å². The van der Waals surface area contributed by atoms with Crippen molar-refractivity contribution >= 4 is 16.2 Å². The number of carboxylic acid groups (broad SMARTS) is 1. The van der Waals surface area contributed by atoms with E-state index in [0.717, 1.165) is 6.42 Å². The highest BCUT2D eigenvalue weighted by Gasteiger charge is 2.49. The van der Waals surface area contributed by atoms with E-state index >= 15 is 0 Å². The second kappa shape index (κ2) is 6.56. The minimum atomic E-state index is -5.63. The van der Waals surface area contributed by atoms with Crippen LogP contribution < -0.4 is 0 Å². The average molecular weight is 358 g/mol. The maximum absolute atomic E-state index is 12.3. The number of amides is 1. The van der Waals surface area contributed by atoms with E-state index in [9.17, 15) is 26.4 Å². The van der Waals surface area contributed by atoms with Crippen LogP contribution in [0.2, 0.25) is 0 Å². The number of halogens is 3. The van der Waals surface area contributed by atoms with Crippen LogP contribution in [-0.2, 0) is 14.3 Å². The lowest BCUT2D eigenvalue weighted by atomic mass is 10.0. The van der Waals surface area contributed by atoms with E-state index in [-0.39, 0.29) is 24.8 Å². The molecule has 1 N–H and O–H groups in total. The van der Waals surface area contributed by atoms with Crippen LogP contribution in [0.25, 0.3) is 0 Å². The summed E-state index contributed by atoms with van der Waals surface area (Å²) in [5.41, 5.74) is -5.45. The molecule has 0 bridgehead atoms. The minimum Gasteiger partial charge on any atom is -0.465 e. The summed E-state index contributed by atoms with van der Waals surface area (Å²) in [5, 5.41) is 9.00. The second-order valence-corrected chi connectivity index (χ2v) is 6.96. The number of alkyl halides is 3. The molecule has 0 aromatic rings. The van der Waals surface area contributed by atoms with Crippen molar-refractivity contribution < 1.29 is 35.7 Å². The van der Waals surface area contributed by atoms with Gasteiger partial charge in [-0.1, -0.05) is 0 Å². The largest absolute Gasteiger partial charge is 0.534 e. The summed E-state index contributed by atoms with van der Waals surface area (Å²) >= 11 is 0. The van der Waals surface area contributed by atoms with Gasteiger partial charge in [0.25, 0.3) is 0 Å². The normalized spacial score (nSPS) is 24.2. The minimum absolute atomic E-state index is 0.0267. The molecule has 2 aliphatic heterocycles. The van der Waals surface area contributed by atoms with Crippen LogP contribution in [0.3, 0.4) is 0 Å². The number of hydrogen-bond acceptors (Lipinski definition) is 5. The smallest absolute Gasteiger partial charge is 0.465 e. The topological polar surface area (TPSA) is 87.2 Å². The molecule has 0 unspecified atom stereocenters. The Morgan fingerprint density at radius 1 is 1.35 bits per heavy atom.